The molecule has 0 bridgehead atoms. The number of hydrogen-bond acceptors (Lipinski definition) is 3. The van der Waals surface area contributed by atoms with Gasteiger partial charge in [0.2, 0.25) is 0 Å². The molecule has 27 heavy (non-hydrogen) atoms. The highest BCUT2D eigenvalue weighted by atomic mass is 79.9. The van der Waals surface area contributed by atoms with Crippen LogP contribution in [0.2, 0.25) is 0 Å². The molecule has 0 spiro atoms. The van der Waals surface area contributed by atoms with Crippen molar-refractivity contribution in [3.63, 3.8) is 0 Å². The van der Waals surface area contributed by atoms with E-state index < -0.39 is 0 Å². The van der Waals surface area contributed by atoms with Crippen LogP contribution in [0.25, 0.3) is 0 Å². The molecule has 1 aliphatic rings. The average Bonchev–Trinajstić information content (AvgIpc) is 3.09. The Labute approximate surface area is 166 Å². The summed E-state index contributed by atoms with van der Waals surface area (Å²) in [7, 11) is 0. The van der Waals surface area contributed by atoms with Crippen LogP contribution in [0.4, 0.5) is 0 Å². The standard InChI is InChI=1S/C22H18BrNO3/c23-20-9-5-4-8-19(20)22(25)24-14-18-13-15-12-17(10-11-21(15)27-18)26-16-6-2-1-3-7-16/h1-12,18H,13-14H2,(H,24,25)/t18-/m0/s1. The van der Waals surface area contributed by atoms with Gasteiger partial charge in [-0.25, -0.2) is 0 Å². The molecule has 0 aliphatic carbocycles. The molecule has 1 aliphatic heterocycles. The van der Waals surface area contributed by atoms with Gasteiger partial charge in [-0.1, -0.05) is 30.3 Å². The maximum atomic E-state index is 12.3. The highest BCUT2D eigenvalue weighted by Crippen LogP contribution is 2.33. The predicted octanol–water partition coefficient (Wildman–Crippen LogP) is 4.97. The minimum atomic E-state index is -0.116. The van der Waals surface area contributed by atoms with Gasteiger partial charge >= 0.3 is 0 Å². The summed E-state index contributed by atoms with van der Waals surface area (Å²) in [6.07, 6.45) is 0.649. The van der Waals surface area contributed by atoms with E-state index in [1.807, 2.05) is 66.7 Å². The SMILES string of the molecule is O=C(NC[C@@H]1Cc2cc(Oc3ccccc3)ccc2O1)c1ccccc1Br. The van der Waals surface area contributed by atoms with Crippen molar-refractivity contribution in [3.05, 3.63) is 88.4 Å². The Morgan fingerprint density at radius 1 is 1.04 bits per heavy atom. The molecule has 0 radical (unpaired) electrons. The first kappa shape index (κ1) is 17.6. The molecular formula is C22H18BrNO3. The van der Waals surface area contributed by atoms with Crippen molar-refractivity contribution in [1.29, 1.82) is 0 Å². The maximum Gasteiger partial charge on any atom is 0.252 e. The largest absolute Gasteiger partial charge is 0.488 e. The van der Waals surface area contributed by atoms with Crippen molar-refractivity contribution in [2.75, 3.05) is 6.54 Å². The fraction of sp³-hybridized carbons (Fsp3) is 0.136. The summed E-state index contributed by atoms with van der Waals surface area (Å²) in [6, 6.07) is 22.9. The Hall–Kier alpha value is -2.79. The number of halogens is 1. The maximum absolute atomic E-state index is 12.3. The van der Waals surface area contributed by atoms with E-state index in [9.17, 15) is 4.79 Å². The quantitative estimate of drug-likeness (QED) is 0.629. The van der Waals surface area contributed by atoms with E-state index in [4.69, 9.17) is 9.47 Å². The van der Waals surface area contributed by atoms with E-state index in [-0.39, 0.29) is 12.0 Å². The number of ether oxygens (including phenoxy) is 2. The zero-order valence-corrected chi connectivity index (χ0v) is 16.1. The Bertz CT molecular complexity index is 959. The molecule has 1 amide bonds. The molecule has 3 aromatic rings. The zero-order valence-electron chi connectivity index (χ0n) is 14.5. The third-order valence-electron chi connectivity index (χ3n) is 4.36. The summed E-state index contributed by atoms with van der Waals surface area (Å²) in [4.78, 5) is 12.3. The van der Waals surface area contributed by atoms with Crippen molar-refractivity contribution in [3.8, 4) is 17.2 Å². The average molecular weight is 424 g/mol. The monoisotopic (exact) mass is 423 g/mol. The summed E-state index contributed by atoms with van der Waals surface area (Å²) >= 11 is 3.40. The fourth-order valence-corrected chi connectivity index (χ4v) is 3.51. The second-order valence-corrected chi connectivity index (χ2v) is 7.17. The lowest BCUT2D eigenvalue weighted by Crippen LogP contribution is -2.34. The molecular weight excluding hydrogens is 406 g/mol. The number of benzene rings is 3. The summed E-state index contributed by atoms with van der Waals surface area (Å²) in [5, 5.41) is 2.95. The van der Waals surface area contributed by atoms with Gasteiger partial charge in [0.1, 0.15) is 23.4 Å². The number of hydrogen-bond donors (Lipinski definition) is 1. The van der Waals surface area contributed by atoms with Crippen molar-refractivity contribution in [2.45, 2.75) is 12.5 Å². The molecule has 4 nitrogen and oxygen atoms in total. The first-order valence-electron chi connectivity index (χ1n) is 8.74. The van der Waals surface area contributed by atoms with Crippen LogP contribution >= 0.6 is 15.9 Å². The Morgan fingerprint density at radius 3 is 2.63 bits per heavy atom. The van der Waals surface area contributed by atoms with Crippen molar-refractivity contribution in [2.24, 2.45) is 0 Å². The first-order chi connectivity index (χ1) is 13.2. The molecule has 0 fully saturated rings. The van der Waals surface area contributed by atoms with Gasteiger partial charge in [0.25, 0.3) is 5.91 Å². The van der Waals surface area contributed by atoms with Gasteiger partial charge in [-0.05, 0) is 58.4 Å². The Balaban J connectivity index is 1.37. The lowest BCUT2D eigenvalue weighted by molar-refractivity contribution is 0.0933. The van der Waals surface area contributed by atoms with E-state index in [0.29, 0.717) is 12.1 Å². The van der Waals surface area contributed by atoms with E-state index in [1.54, 1.807) is 6.07 Å². The molecule has 1 N–H and O–H groups in total. The Morgan fingerprint density at radius 2 is 1.81 bits per heavy atom. The van der Waals surface area contributed by atoms with E-state index in [0.717, 1.165) is 33.7 Å². The lowest BCUT2D eigenvalue weighted by atomic mass is 10.1. The molecule has 0 aromatic heterocycles. The molecule has 0 saturated heterocycles. The van der Waals surface area contributed by atoms with Crippen LogP contribution in [0.15, 0.2) is 77.3 Å². The van der Waals surface area contributed by atoms with Gasteiger partial charge in [0.15, 0.2) is 0 Å². The van der Waals surface area contributed by atoms with Gasteiger partial charge in [-0.2, -0.15) is 0 Å². The summed E-state index contributed by atoms with van der Waals surface area (Å²) in [5.74, 6) is 2.31. The van der Waals surface area contributed by atoms with Crippen LogP contribution in [0.3, 0.4) is 0 Å². The molecule has 136 valence electrons. The molecule has 0 unspecified atom stereocenters. The van der Waals surface area contributed by atoms with Gasteiger partial charge in [0, 0.05) is 16.5 Å². The Kier molecular flexibility index (Phi) is 5.12. The van der Waals surface area contributed by atoms with Gasteiger partial charge in [0.05, 0.1) is 12.1 Å². The number of rotatable bonds is 5. The van der Waals surface area contributed by atoms with Crippen LogP contribution < -0.4 is 14.8 Å². The molecule has 3 aromatic carbocycles. The topological polar surface area (TPSA) is 47.6 Å². The number of carbonyl (C=O) groups is 1. The number of nitrogens with one attached hydrogen (secondary N) is 1. The molecule has 1 heterocycles. The van der Waals surface area contributed by atoms with Gasteiger partial charge < -0.3 is 14.8 Å². The van der Waals surface area contributed by atoms with Gasteiger partial charge in [-0.15, -0.1) is 0 Å². The fourth-order valence-electron chi connectivity index (χ4n) is 3.05. The number of carbonyl (C=O) groups excluding carboxylic acids is 1. The van der Waals surface area contributed by atoms with Crippen LogP contribution in [-0.2, 0) is 6.42 Å². The van der Waals surface area contributed by atoms with Crippen LogP contribution in [-0.4, -0.2) is 18.6 Å². The van der Waals surface area contributed by atoms with Crippen molar-refractivity contribution in [1.82, 2.24) is 5.32 Å². The first-order valence-corrected chi connectivity index (χ1v) is 9.53. The van der Waals surface area contributed by atoms with E-state index in [2.05, 4.69) is 21.2 Å². The third-order valence-corrected chi connectivity index (χ3v) is 5.05. The summed E-state index contributed by atoms with van der Waals surface area (Å²) < 4.78 is 12.6. The highest BCUT2D eigenvalue weighted by molar-refractivity contribution is 9.10. The molecule has 5 heteroatoms. The predicted molar refractivity (Wildman–Crippen MR) is 108 cm³/mol. The number of amides is 1. The summed E-state index contributed by atoms with van der Waals surface area (Å²) in [5.41, 5.74) is 1.70. The van der Waals surface area contributed by atoms with Crippen LogP contribution in [0.5, 0.6) is 17.2 Å². The normalized spacial score (nSPS) is 14.9. The zero-order chi connectivity index (χ0) is 18.6. The van der Waals surface area contributed by atoms with Crippen molar-refractivity contribution >= 4 is 21.8 Å². The minimum Gasteiger partial charge on any atom is -0.488 e. The second-order valence-electron chi connectivity index (χ2n) is 6.32. The smallest absolute Gasteiger partial charge is 0.252 e. The highest BCUT2D eigenvalue weighted by Gasteiger charge is 2.24. The van der Waals surface area contributed by atoms with E-state index >= 15 is 0 Å². The summed E-state index contributed by atoms with van der Waals surface area (Å²) in [6.45, 7) is 0.448. The molecule has 0 saturated carbocycles. The molecule has 4 rings (SSSR count). The van der Waals surface area contributed by atoms with Gasteiger partial charge in [-0.3, -0.25) is 4.79 Å². The molecule has 1 atom stereocenters. The number of para-hydroxylation sites is 1. The van der Waals surface area contributed by atoms with E-state index in [1.165, 1.54) is 0 Å². The minimum absolute atomic E-state index is 0.0848. The van der Waals surface area contributed by atoms with Crippen molar-refractivity contribution < 1.29 is 14.3 Å². The second kappa shape index (κ2) is 7.84. The third kappa shape index (κ3) is 4.14. The van der Waals surface area contributed by atoms with Crippen LogP contribution in [0.1, 0.15) is 15.9 Å². The lowest BCUT2D eigenvalue weighted by Gasteiger charge is -2.12. The van der Waals surface area contributed by atoms with Crippen LogP contribution in [0, 0.1) is 0 Å². The number of fused-ring (bicyclic) bond motifs is 1.